The lowest BCUT2D eigenvalue weighted by Gasteiger charge is -2.46. The SMILES string of the molecule is C=C(C)C(=O)NC(=O)NC1CC(C)(C)NC(C)(C)C1. The lowest BCUT2D eigenvalue weighted by molar-refractivity contribution is -0.116. The van der Waals surface area contributed by atoms with Gasteiger partial charge in [-0.2, -0.15) is 0 Å². The fourth-order valence-electron chi connectivity index (χ4n) is 2.86. The average Bonchev–Trinajstić information content (AvgIpc) is 2.10. The van der Waals surface area contributed by atoms with Crippen molar-refractivity contribution in [3.8, 4) is 0 Å². The van der Waals surface area contributed by atoms with E-state index in [1.54, 1.807) is 6.92 Å². The predicted octanol–water partition coefficient (Wildman–Crippen LogP) is 1.70. The first-order chi connectivity index (χ1) is 8.51. The van der Waals surface area contributed by atoms with E-state index in [9.17, 15) is 9.59 Å². The quantitative estimate of drug-likeness (QED) is 0.667. The number of urea groups is 1. The Labute approximate surface area is 115 Å². The molecule has 5 nitrogen and oxygen atoms in total. The van der Waals surface area contributed by atoms with Gasteiger partial charge in [0.25, 0.3) is 5.91 Å². The molecule has 1 aliphatic rings. The van der Waals surface area contributed by atoms with Crippen molar-refractivity contribution < 1.29 is 9.59 Å². The Bertz CT molecular complexity index is 383. The van der Waals surface area contributed by atoms with Gasteiger partial charge in [-0.1, -0.05) is 6.58 Å². The first-order valence-electron chi connectivity index (χ1n) is 6.57. The topological polar surface area (TPSA) is 70.2 Å². The zero-order valence-electron chi connectivity index (χ0n) is 12.5. The summed E-state index contributed by atoms with van der Waals surface area (Å²) in [6.07, 6.45) is 1.65. The van der Waals surface area contributed by atoms with Gasteiger partial charge in [0, 0.05) is 22.7 Å². The third-order valence-electron chi connectivity index (χ3n) is 3.14. The Morgan fingerprint density at radius 1 is 1.16 bits per heavy atom. The minimum atomic E-state index is -0.452. The summed E-state index contributed by atoms with van der Waals surface area (Å²) in [6, 6.07) is -0.407. The number of amides is 3. The third-order valence-corrected chi connectivity index (χ3v) is 3.14. The van der Waals surface area contributed by atoms with Gasteiger partial charge in [0.15, 0.2) is 0 Å². The molecule has 1 heterocycles. The van der Waals surface area contributed by atoms with E-state index in [2.05, 4.69) is 50.2 Å². The van der Waals surface area contributed by atoms with Crippen molar-refractivity contribution in [2.24, 2.45) is 0 Å². The molecule has 5 heteroatoms. The summed E-state index contributed by atoms with van der Waals surface area (Å²) in [7, 11) is 0. The van der Waals surface area contributed by atoms with Gasteiger partial charge in [-0.3, -0.25) is 10.1 Å². The molecule has 0 aliphatic carbocycles. The van der Waals surface area contributed by atoms with Crippen LogP contribution in [0.4, 0.5) is 4.79 Å². The van der Waals surface area contributed by atoms with Crippen LogP contribution in [0.25, 0.3) is 0 Å². The average molecular weight is 267 g/mol. The summed E-state index contributed by atoms with van der Waals surface area (Å²) in [6.45, 7) is 13.5. The summed E-state index contributed by atoms with van der Waals surface area (Å²) in [5, 5.41) is 8.68. The third kappa shape index (κ3) is 5.03. The molecule has 0 unspecified atom stereocenters. The molecule has 0 radical (unpaired) electrons. The van der Waals surface area contributed by atoms with E-state index in [0.29, 0.717) is 5.57 Å². The number of imide groups is 1. The second kappa shape index (κ2) is 5.33. The Morgan fingerprint density at radius 2 is 1.63 bits per heavy atom. The number of nitrogens with one attached hydrogen (secondary N) is 3. The first-order valence-corrected chi connectivity index (χ1v) is 6.57. The van der Waals surface area contributed by atoms with Crippen molar-refractivity contribution in [1.29, 1.82) is 0 Å². The van der Waals surface area contributed by atoms with E-state index < -0.39 is 11.9 Å². The lowest BCUT2D eigenvalue weighted by atomic mass is 9.80. The highest BCUT2D eigenvalue weighted by Gasteiger charge is 2.38. The maximum Gasteiger partial charge on any atom is 0.321 e. The fourth-order valence-corrected chi connectivity index (χ4v) is 2.86. The summed E-state index contributed by atoms with van der Waals surface area (Å²) < 4.78 is 0. The number of hydrogen-bond donors (Lipinski definition) is 3. The molecular weight excluding hydrogens is 242 g/mol. The molecule has 1 saturated heterocycles. The van der Waals surface area contributed by atoms with E-state index >= 15 is 0 Å². The highest BCUT2D eigenvalue weighted by molar-refractivity contribution is 6.03. The number of carbonyl (C=O) groups is 2. The van der Waals surface area contributed by atoms with Gasteiger partial charge in [-0.25, -0.2) is 4.79 Å². The van der Waals surface area contributed by atoms with Crippen LogP contribution < -0.4 is 16.0 Å². The number of piperidine rings is 1. The Kier molecular flexibility index (Phi) is 4.40. The molecule has 1 rings (SSSR count). The van der Waals surface area contributed by atoms with Gasteiger partial charge in [0.1, 0.15) is 0 Å². The number of hydrogen-bond acceptors (Lipinski definition) is 3. The first kappa shape index (κ1) is 15.7. The maximum atomic E-state index is 11.7. The molecule has 0 aromatic rings. The van der Waals surface area contributed by atoms with Crippen molar-refractivity contribution in [3.63, 3.8) is 0 Å². The van der Waals surface area contributed by atoms with Gasteiger partial charge in [0.2, 0.25) is 0 Å². The summed E-state index contributed by atoms with van der Waals surface area (Å²) in [5.74, 6) is -0.440. The smallest absolute Gasteiger partial charge is 0.321 e. The summed E-state index contributed by atoms with van der Waals surface area (Å²) in [4.78, 5) is 23.1. The minimum Gasteiger partial charge on any atom is -0.335 e. The fraction of sp³-hybridized carbons (Fsp3) is 0.714. The Hall–Kier alpha value is -1.36. The second-order valence-electron chi connectivity index (χ2n) is 6.71. The number of carbonyl (C=O) groups excluding carboxylic acids is 2. The number of rotatable bonds is 2. The predicted molar refractivity (Wildman–Crippen MR) is 75.8 cm³/mol. The minimum absolute atomic E-state index is 0.0436. The van der Waals surface area contributed by atoms with Gasteiger partial charge < -0.3 is 10.6 Å². The molecule has 0 aromatic heterocycles. The van der Waals surface area contributed by atoms with Crippen LogP contribution in [0, 0.1) is 0 Å². The van der Waals surface area contributed by atoms with Gasteiger partial charge in [-0.05, 0) is 47.5 Å². The van der Waals surface area contributed by atoms with E-state index in [1.807, 2.05) is 0 Å². The van der Waals surface area contributed by atoms with E-state index in [4.69, 9.17) is 0 Å². The standard InChI is InChI=1S/C14H25N3O2/c1-9(2)11(18)16-12(19)15-10-7-13(3,4)17-14(5,6)8-10/h10,17H,1,7-8H2,2-6H3,(H2,15,16,18,19). The summed E-state index contributed by atoms with van der Waals surface area (Å²) in [5.41, 5.74) is 0.233. The van der Waals surface area contributed by atoms with E-state index in [1.165, 1.54) is 0 Å². The molecule has 0 bridgehead atoms. The Morgan fingerprint density at radius 3 is 2.05 bits per heavy atom. The molecule has 0 atom stereocenters. The summed E-state index contributed by atoms with van der Waals surface area (Å²) >= 11 is 0. The van der Waals surface area contributed by atoms with Crippen molar-refractivity contribution >= 4 is 11.9 Å². The van der Waals surface area contributed by atoms with Crippen LogP contribution in [-0.2, 0) is 4.79 Å². The molecule has 3 N–H and O–H groups in total. The van der Waals surface area contributed by atoms with Crippen LogP contribution >= 0.6 is 0 Å². The normalized spacial score (nSPS) is 21.5. The molecular formula is C14H25N3O2. The molecule has 1 aliphatic heterocycles. The van der Waals surface area contributed by atoms with Gasteiger partial charge >= 0.3 is 6.03 Å². The zero-order chi connectivity index (χ0) is 14.8. The molecule has 3 amide bonds. The van der Waals surface area contributed by atoms with Crippen LogP contribution in [-0.4, -0.2) is 29.1 Å². The Balaban J connectivity index is 2.59. The largest absolute Gasteiger partial charge is 0.335 e. The van der Waals surface area contributed by atoms with Crippen LogP contribution in [0.15, 0.2) is 12.2 Å². The zero-order valence-corrected chi connectivity index (χ0v) is 12.5. The maximum absolute atomic E-state index is 11.7. The van der Waals surface area contributed by atoms with Crippen LogP contribution in [0.1, 0.15) is 47.5 Å². The van der Waals surface area contributed by atoms with Crippen molar-refractivity contribution in [2.45, 2.75) is 64.6 Å². The highest BCUT2D eigenvalue weighted by atomic mass is 16.2. The van der Waals surface area contributed by atoms with E-state index in [0.717, 1.165) is 12.8 Å². The van der Waals surface area contributed by atoms with E-state index in [-0.39, 0.29) is 17.1 Å². The second-order valence-corrected chi connectivity index (χ2v) is 6.71. The molecule has 108 valence electrons. The van der Waals surface area contributed by atoms with Gasteiger partial charge in [0.05, 0.1) is 0 Å². The molecule has 0 saturated carbocycles. The van der Waals surface area contributed by atoms with Crippen LogP contribution in [0.5, 0.6) is 0 Å². The van der Waals surface area contributed by atoms with Crippen LogP contribution in [0.3, 0.4) is 0 Å². The molecule has 0 aromatic carbocycles. The van der Waals surface area contributed by atoms with Crippen molar-refractivity contribution in [3.05, 3.63) is 12.2 Å². The molecule has 0 spiro atoms. The van der Waals surface area contributed by atoms with Crippen molar-refractivity contribution in [2.75, 3.05) is 0 Å². The van der Waals surface area contributed by atoms with Crippen LogP contribution in [0.2, 0.25) is 0 Å². The molecule has 19 heavy (non-hydrogen) atoms. The molecule has 1 fully saturated rings. The van der Waals surface area contributed by atoms with Crippen molar-refractivity contribution in [1.82, 2.24) is 16.0 Å². The van der Waals surface area contributed by atoms with Gasteiger partial charge in [-0.15, -0.1) is 0 Å². The highest BCUT2D eigenvalue weighted by Crippen LogP contribution is 2.28. The lowest BCUT2D eigenvalue weighted by Crippen LogP contribution is -2.63. The monoisotopic (exact) mass is 267 g/mol.